The topological polar surface area (TPSA) is 142 Å². The van der Waals surface area contributed by atoms with Crippen molar-refractivity contribution < 1.29 is 17.9 Å². The molecule has 278 valence electrons. The number of sulfone groups is 1. The summed E-state index contributed by atoms with van der Waals surface area (Å²) in [5.41, 5.74) is 3.21. The van der Waals surface area contributed by atoms with Gasteiger partial charge in [-0.2, -0.15) is 10.4 Å². The summed E-state index contributed by atoms with van der Waals surface area (Å²) in [4.78, 5) is 15.2. The number of unbranched alkanes of at least 4 members (excludes halogenated alkanes) is 10. The Morgan fingerprint density at radius 3 is 2.12 bits per heavy atom. The first-order valence-electron chi connectivity index (χ1n) is 18.8. The summed E-state index contributed by atoms with van der Waals surface area (Å²) in [5.74, 6) is 0.210. The van der Waals surface area contributed by atoms with Crippen molar-refractivity contribution in [3.8, 4) is 6.07 Å². The number of nitrogens with zero attached hydrogens (tertiary/aromatic N) is 6. The summed E-state index contributed by atoms with van der Waals surface area (Å²) >= 11 is 0. The maximum Gasteiger partial charge on any atom is 0.411 e. The third-order valence-corrected chi connectivity index (χ3v) is 11.0. The van der Waals surface area contributed by atoms with Crippen molar-refractivity contribution in [3.05, 3.63) is 29.0 Å². The summed E-state index contributed by atoms with van der Waals surface area (Å²) in [7, 11) is -3.23. The number of anilines is 2. The molecule has 1 aliphatic heterocycles. The minimum absolute atomic E-state index is 0.0586. The SMILES string of the molecule is CCCCCCCCN(CCCCCCCC)c1cc(NC(=O)OCC)c(N=Nc2c(C#N)c(C(C)(C)C)nn2C2CCS(=O)(=O)C2)cc1C. The molecule has 0 spiro atoms. The Bertz CT molecular complexity index is 1550. The maximum absolute atomic E-state index is 12.8. The van der Waals surface area contributed by atoms with Gasteiger partial charge in [0.2, 0.25) is 0 Å². The molecule has 1 N–H and O–H groups in total. The van der Waals surface area contributed by atoms with E-state index in [0.29, 0.717) is 23.5 Å². The second kappa shape index (κ2) is 19.8. The molecule has 0 aliphatic carbocycles. The number of aromatic nitrogens is 2. The van der Waals surface area contributed by atoms with Gasteiger partial charge in [-0.1, -0.05) is 98.8 Å². The fourth-order valence-electron chi connectivity index (χ4n) is 6.47. The molecule has 1 unspecified atom stereocenters. The first kappa shape index (κ1) is 41.0. The Morgan fingerprint density at radius 1 is 1.00 bits per heavy atom. The summed E-state index contributed by atoms with van der Waals surface area (Å²) in [6.45, 7) is 16.2. The quantitative estimate of drug-likeness (QED) is 0.106. The van der Waals surface area contributed by atoms with E-state index in [1.54, 1.807) is 11.6 Å². The summed E-state index contributed by atoms with van der Waals surface area (Å²) < 4.78 is 31.7. The molecule has 2 heterocycles. The molecule has 2 aromatic rings. The van der Waals surface area contributed by atoms with Crippen LogP contribution in [-0.2, 0) is 20.0 Å². The predicted molar refractivity (Wildman–Crippen MR) is 203 cm³/mol. The molecule has 50 heavy (non-hydrogen) atoms. The van der Waals surface area contributed by atoms with E-state index in [-0.39, 0.29) is 29.5 Å². The molecule has 0 radical (unpaired) electrons. The van der Waals surface area contributed by atoms with Gasteiger partial charge in [-0.05, 0) is 50.8 Å². The van der Waals surface area contributed by atoms with Crippen LogP contribution in [0.5, 0.6) is 0 Å². The minimum Gasteiger partial charge on any atom is -0.450 e. The molecule has 0 bridgehead atoms. The monoisotopic (exact) mass is 711 g/mol. The zero-order valence-electron chi connectivity index (χ0n) is 31.7. The van der Waals surface area contributed by atoms with E-state index in [9.17, 15) is 18.5 Å². The number of nitrogens with one attached hydrogen (secondary N) is 1. The lowest BCUT2D eigenvalue weighted by atomic mass is 9.90. The highest BCUT2D eigenvalue weighted by atomic mass is 32.2. The number of aryl methyl sites for hydroxylation is 1. The average Bonchev–Trinajstić information content (AvgIpc) is 3.62. The third kappa shape index (κ3) is 12.1. The van der Waals surface area contributed by atoms with E-state index >= 15 is 0 Å². The van der Waals surface area contributed by atoms with Gasteiger partial charge in [-0.15, -0.1) is 10.2 Å². The van der Waals surface area contributed by atoms with Gasteiger partial charge in [0.1, 0.15) is 17.3 Å². The van der Waals surface area contributed by atoms with Gasteiger partial charge in [0, 0.05) is 24.2 Å². The second-order valence-corrected chi connectivity index (χ2v) is 16.9. The van der Waals surface area contributed by atoms with Gasteiger partial charge in [-0.25, -0.2) is 17.9 Å². The lowest BCUT2D eigenvalue weighted by Gasteiger charge is -2.28. The van der Waals surface area contributed by atoms with Crippen molar-refractivity contribution in [2.24, 2.45) is 10.2 Å². The number of ether oxygens (including phenoxy) is 1. The van der Waals surface area contributed by atoms with E-state index in [0.717, 1.165) is 37.2 Å². The molecule has 1 fully saturated rings. The summed E-state index contributed by atoms with van der Waals surface area (Å²) in [5, 5.41) is 27.1. The van der Waals surface area contributed by atoms with Crippen molar-refractivity contribution in [1.29, 1.82) is 5.26 Å². The highest BCUT2D eigenvalue weighted by Gasteiger charge is 2.35. The maximum atomic E-state index is 12.8. The first-order chi connectivity index (χ1) is 23.8. The number of rotatable bonds is 20. The molecule has 1 aromatic heterocycles. The molecule has 1 saturated heterocycles. The zero-order chi connectivity index (χ0) is 36.7. The smallest absolute Gasteiger partial charge is 0.411 e. The van der Waals surface area contributed by atoms with Crippen molar-refractivity contribution in [2.75, 3.05) is 41.4 Å². The number of hydrogen-bond donors (Lipinski definition) is 1. The normalized spacial score (nSPS) is 15.8. The van der Waals surface area contributed by atoms with Crippen molar-refractivity contribution in [1.82, 2.24) is 9.78 Å². The van der Waals surface area contributed by atoms with E-state index in [2.05, 4.69) is 40.4 Å². The molecule has 0 saturated carbocycles. The Balaban J connectivity index is 2.03. The number of nitriles is 1. The van der Waals surface area contributed by atoms with Gasteiger partial charge in [0.25, 0.3) is 0 Å². The molecular weight excluding hydrogens is 651 g/mol. The van der Waals surface area contributed by atoms with Gasteiger partial charge in [0.15, 0.2) is 15.7 Å². The van der Waals surface area contributed by atoms with Crippen LogP contribution >= 0.6 is 0 Å². The Labute approximate surface area is 301 Å². The van der Waals surface area contributed by atoms with Crippen LogP contribution in [0.3, 0.4) is 0 Å². The van der Waals surface area contributed by atoms with Crippen LogP contribution in [0.2, 0.25) is 0 Å². The van der Waals surface area contributed by atoms with Gasteiger partial charge < -0.3 is 9.64 Å². The van der Waals surface area contributed by atoms with Crippen molar-refractivity contribution in [3.63, 3.8) is 0 Å². The third-order valence-electron chi connectivity index (χ3n) is 9.24. The summed E-state index contributed by atoms with van der Waals surface area (Å²) in [6, 6.07) is 5.68. The molecule has 1 amide bonds. The average molecular weight is 712 g/mol. The van der Waals surface area contributed by atoms with Crippen molar-refractivity contribution in [2.45, 2.75) is 143 Å². The molecular formula is C38H61N7O4S. The van der Waals surface area contributed by atoms with Crippen LogP contribution in [0.1, 0.15) is 148 Å². The number of carbonyl (C=O) groups excluding carboxylic acids is 1. The van der Waals surface area contributed by atoms with Gasteiger partial charge in [-0.3, -0.25) is 5.32 Å². The van der Waals surface area contributed by atoms with Crippen LogP contribution in [-0.4, -0.2) is 55.5 Å². The number of carbonyl (C=O) groups is 1. The van der Waals surface area contributed by atoms with Crippen LogP contribution in [0.15, 0.2) is 22.4 Å². The highest BCUT2D eigenvalue weighted by molar-refractivity contribution is 7.91. The lowest BCUT2D eigenvalue weighted by Crippen LogP contribution is -2.27. The fraction of sp³-hybridized carbons (Fsp3) is 0.711. The van der Waals surface area contributed by atoms with E-state index < -0.39 is 27.4 Å². The molecule has 1 aromatic carbocycles. The van der Waals surface area contributed by atoms with Crippen molar-refractivity contribution >= 4 is 38.8 Å². The lowest BCUT2D eigenvalue weighted by molar-refractivity contribution is 0.168. The molecule has 12 heteroatoms. The second-order valence-electron chi connectivity index (χ2n) is 14.6. The number of benzene rings is 1. The Hall–Kier alpha value is -3.46. The highest BCUT2D eigenvalue weighted by Crippen LogP contribution is 2.39. The number of azo groups is 1. The largest absolute Gasteiger partial charge is 0.450 e. The predicted octanol–water partition coefficient (Wildman–Crippen LogP) is 10.2. The number of hydrogen-bond acceptors (Lipinski definition) is 9. The van der Waals surface area contributed by atoms with Crippen LogP contribution < -0.4 is 10.2 Å². The van der Waals surface area contributed by atoms with Crippen LogP contribution in [0.25, 0.3) is 0 Å². The van der Waals surface area contributed by atoms with Gasteiger partial charge >= 0.3 is 6.09 Å². The zero-order valence-corrected chi connectivity index (χ0v) is 32.5. The first-order valence-corrected chi connectivity index (χ1v) is 20.7. The standard InChI is InChI=1S/C38H61N7O4S/c1-8-11-13-15-17-19-22-44(23-20-18-16-14-12-9-2)34-26-32(40-37(46)49-10-3)33(25-29(34)4)41-42-36-31(27-39)35(38(5,6)7)43-45(36)30-21-24-50(47,48)28-30/h25-26,30H,8-24,28H2,1-7H3,(H,40,46). The van der Waals surface area contributed by atoms with E-state index in [4.69, 9.17) is 9.84 Å². The molecule has 1 aliphatic rings. The van der Waals surface area contributed by atoms with E-state index in [1.807, 2.05) is 39.8 Å². The minimum atomic E-state index is -3.23. The Kier molecular flexibility index (Phi) is 16.2. The summed E-state index contributed by atoms with van der Waals surface area (Å²) in [6.07, 6.45) is 14.3. The van der Waals surface area contributed by atoms with Crippen LogP contribution in [0.4, 0.5) is 27.7 Å². The van der Waals surface area contributed by atoms with Crippen LogP contribution in [0, 0.1) is 18.3 Å². The fourth-order valence-corrected chi connectivity index (χ4v) is 8.17. The molecule has 1 atom stereocenters. The Morgan fingerprint density at radius 2 is 1.60 bits per heavy atom. The van der Waals surface area contributed by atoms with Gasteiger partial charge in [0.05, 0.1) is 35.5 Å². The van der Waals surface area contributed by atoms with E-state index in [1.165, 1.54) is 64.2 Å². The molecule has 11 nitrogen and oxygen atoms in total. The number of amides is 1. The molecule has 3 rings (SSSR count).